The van der Waals surface area contributed by atoms with E-state index in [0.717, 1.165) is 12.1 Å². The summed E-state index contributed by atoms with van der Waals surface area (Å²) in [6.07, 6.45) is -3.23. The number of anilines is 1. The highest BCUT2D eigenvalue weighted by molar-refractivity contribution is 6.35. The molecule has 0 aliphatic heterocycles. The normalized spacial score (nSPS) is 11.4. The maximum absolute atomic E-state index is 13.7. The molecule has 0 fully saturated rings. The van der Waals surface area contributed by atoms with E-state index in [9.17, 15) is 28.0 Å². The molecule has 2 amide bonds. The van der Waals surface area contributed by atoms with E-state index in [2.05, 4.69) is 31.0 Å². The SMILES string of the molecule is CNC(=O)c1cc(C#N)cc(C)c1NC(=O)c1cc(Cn2nnc3c(Cl)cc(C(F)(F)F)cc32)nn1-c1ncccc1Cl. The second kappa shape index (κ2) is 11.3. The Kier molecular flexibility index (Phi) is 7.78. The van der Waals surface area contributed by atoms with Crippen LogP contribution in [0.4, 0.5) is 18.9 Å². The molecule has 43 heavy (non-hydrogen) atoms. The number of aromatic nitrogens is 6. The maximum atomic E-state index is 13.7. The minimum absolute atomic E-state index is 0.000303. The maximum Gasteiger partial charge on any atom is 0.416 e. The number of rotatable bonds is 6. The molecule has 2 N–H and O–H groups in total. The van der Waals surface area contributed by atoms with Gasteiger partial charge in [-0.1, -0.05) is 28.4 Å². The fourth-order valence-corrected chi connectivity index (χ4v) is 4.79. The Balaban J connectivity index is 1.59. The monoisotopic (exact) mass is 627 g/mol. The van der Waals surface area contributed by atoms with E-state index in [4.69, 9.17) is 23.2 Å². The van der Waals surface area contributed by atoms with Crippen LogP contribution in [0, 0.1) is 18.3 Å². The molecule has 0 radical (unpaired) electrons. The lowest BCUT2D eigenvalue weighted by molar-refractivity contribution is -0.137. The van der Waals surface area contributed by atoms with Gasteiger partial charge in [-0.15, -0.1) is 5.10 Å². The summed E-state index contributed by atoms with van der Waals surface area (Å²) < 4.78 is 42.7. The molecule has 2 aromatic carbocycles. The van der Waals surface area contributed by atoms with E-state index in [1.807, 2.05) is 6.07 Å². The smallest absolute Gasteiger partial charge is 0.355 e. The number of carbonyl (C=O) groups excluding carboxylic acids is 2. The van der Waals surface area contributed by atoms with Gasteiger partial charge in [0.05, 0.1) is 56.2 Å². The van der Waals surface area contributed by atoms with Gasteiger partial charge in [0.2, 0.25) is 0 Å². The first-order valence-electron chi connectivity index (χ1n) is 12.3. The predicted molar refractivity (Wildman–Crippen MR) is 150 cm³/mol. The Hall–Kier alpha value is -5.00. The number of hydrogen-bond donors (Lipinski definition) is 2. The number of fused-ring (bicyclic) bond motifs is 1. The summed E-state index contributed by atoms with van der Waals surface area (Å²) in [7, 11) is 1.41. The van der Waals surface area contributed by atoms with Gasteiger partial charge in [-0.2, -0.15) is 23.5 Å². The first-order valence-corrected chi connectivity index (χ1v) is 13.0. The minimum atomic E-state index is -4.66. The molecule has 5 rings (SSSR count). The van der Waals surface area contributed by atoms with Gasteiger partial charge in [-0.25, -0.2) is 14.3 Å². The van der Waals surface area contributed by atoms with Crippen LogP contribution in [0.25, 0.3) is 16.9 Å². The molecule has 0 saturated carbocycles. The van der Waals surface area contributed by atoms with Gasteiger partial charge in [0.25, 0.3) is 11.8 Å². The molecule has 0 atom stereocenters. The Morgan fingerprint density at radius 3 is 2.53 bits per heavy atom. The summed E-state index contributed by atoms with van der Waals surface area (Å²) in [4.78, 5) is 30.5. The van der Waals surface area contributed by atoms with Crippen LogP contribution in [0.3, 0.4) is 0 Å². The van der Waals surface area contributed by atoms with Gasteiger partial charge in [0.1, 0.15) is 11.2 Å². The second-order valence-corrected chi connectivity index (χ2v) is 9.99. The van der Waals surface area contributed by atoms with Crippen LogP contribution in [0.1, 0.15) is 43.2 Å². The van der Waals surface area contributed by atoms with Crippen molar-refractivity contribution in [3.05, 3.63) is 92.3 Å². The Labute approximate surface area is 250 Å². The molecule has 5 aromatic rings. The number of pyridine rings is 1. The van der Waals surface area contributed by atoms with Gasteiger partial charge in [-0.3, -0.25) is 9.59 Å². The Morgan fingerprint density at radius 1 is 1.09 bits per heavy atom. The van der Waals surface area contributed by atoms with Crippen molar-refractivity contribution in [2.75, 3.05) is 12.4 Å². The number of aryl methyl sites for hydroxylation is 1. The van der Waals surface area contributed by atoms with E-state index in [1.165, 1.54) is 46.9 Å². The van der Waals surface area contributed by atoms with E-state index < -0.39 is 23.6 Å². The van der Waals surface area contributed by atoms with Crippen molar-refractivity contribution in [2.24, 2.45) is 0 Å². The average molecular weight is 628 g/mol. The van der Waals surface area contributed by atoms with Gasteiger partial charge in [0, 0.05) is 13.2 Å². The van der Waals surface area contributed by atoms with Gasteiger partial charge in [0.15, 0.2) is 5.82 Å². The summed E-state index contributed by atoms with van der Waals surface area (Å²) in [5.74, 6) is -1.16. The van der Waals surface area contributed by atoms with Crippen molar-refractivity contribution in [3.63, 3.8) is 0 Å². The number of nitrogens with one attached hydrogen (secondary N) is 2. The fraction of sp³-hybridized carbons (Fsp3) is 0.148. The molecule has 0 saturated heterocycles. The molecule has 0 spiro atoms. The van der Waals surface area contributed by atoms with Crippen LogP contribution in [-0.2, 0) is 12.7 Å². The van der Waals surface area contributed by atoms with Crippen LogP contribution in [0.15, 0.2) is 48.7 Å². The van der Waals surface area contributed by atoms with E-state index in [1.54, 1.807) is 13.0 Å². The number of amides is 2. The number of alkyl halides is 3. The van der Waals surface area contributed by atoms with Crippen LogP contribution in [0.2, 0.25) is 10.0 Å². The Morgan fingerprint density at radius 2 is 1.86 bits per heavy atom. The summed E-state index contributed by atoms with van der Waals surface area (Å²) in [6.45, 7) is 1.42. The highest BCUT2D eigenvalue weighted by Crippen LogP contribution is 2.34. The zero-order valence-electron chi connectivity index (χ0n) is 22.2. The molecule has 3 aromatic heterocycles. The molecular weight excluding hydrogens is 610 g/mol. The lowest BCUT2D eigenvalue weighted by Crippen LogP contribution is -2.24. The quantitative estimate of drug-likeness (QED) is 0.264. The Bertz CT molecular complexity index is 1960. The first kappa shape index (κ1) is 29.5. The van der Waals surface area contributed by atoms with Crippen molar-refractivity contribution in [1.29, 1.82) is 5.26 Å². The molecule has 3 heterocycles. The molecule has 0 aliphatic rings. The third-order valence-electron chi connectivity index (χ3n) is 6.32. The zero-order valence-corrected chi connectivity index (χ0v) is 23.7. The van der Waals surface area contributed by atoms with E-state index in [0.29, 0.717) is 5.56 Å². The summed E-state index contributed by atoms with van der Waals surface area (Å²) in [5.41, 5.74) is 0.0649. The van der Waals surface area contributed by atoms with Crippen LogP contribution in [0.5, 0.6) is 0 Å². The molecular formula is C27H18Cl2F3N9O2. The van der Waals surface area contributed by atoms with Crippen molar-refractivity contribution in [1.82, 2.24) is 35.1 Å². The largest absolute Gasteiger partial charge is 0.416 e. The highest BCUT2D eigenvalue weighted by atomic mass is 35.5. The third-order valence-corrected chi connectivity index (χ3v) is 6.90. The predicted octanol–water partition coefficient (Wildman–Crippen LogP) is 5.18. The van der Waals surface area contributed by atoms with Gasteiger partial charge < -0.3 is 10.6 Å². The molecule has 11 nitrogen and oxygen atoms in total. The zero-order chi connectivity index (χ0) is 31.1. The lowest BCUT2D eigenvalue weighted by Gasteiger charge is -2.14. The number of hydrogen-bond acceptors (Lipinski definition) is 7. The van der Waals surface area contributed by atoms with E-state index >= 15 is 0 Å². The van der Waals surface area contributed by atoms with Gasteiger partial charge >= 0.3 is 6.18 Å². The van der Waals surface area contributed by atoms with Crippen molar-refractivity contribution >= 4 is 51.7 Å². The van der Waals surface area contributed by atoms with Crippen molar-refractivity contribution in [2.45, 2.75) is 19.6 Å². The molecule has 0 aliphatic carbocycles. The second-order valence-electron chi connectivity index (χ2n) is 9.17. The number of nitriles is 1. The fourth-order valence-electron chi connectivity index (χ4n) is 4.33. The standard InChI is InChI=1S/C27H18Cl2F3N9O2/c1-13-6-14(11-33)7-17(25(42)34-2)22(13)36-26(43)21-10-16(38-41(21)24-18(28)4-3-5-35-24)12-40-20-9-15(27(30,31)32)8-19(29)23(20)37-39-40/h3-10H,12H2,1-2H3,(H,34,42)(H,36,43). The lowest BCUT2D eigenvalue weighted by atomic mass is 10.0. The van der Waals surface area contributed by atoms with Crippen LogP contribution in [-0.4, -0.2) is 48.6 Å². The molecule has 0 unspecified atom stereocenters. The highest BCUT2D eigenvalue weighted by Gasteiger charge is 2.32. The number of nitrogens with zero attached hydrogens (tertiary/aromatic N) is 7. The van der Waals surface area contributed by atoms with Crippen molar-refractivity contribution in [3.8, 4) is 11.9 Å². The third kappa shape index (κ3) is 5.72. The summed E-state index contributed by atoms with van der Waals surface area (Å²) in [5, 5.41) is 26.7. The molecule has 16 heteroatoms. The number of carbonyl (C=O) groups is 2. The summed E-state index contributed by atoms with van der Waals surface area (Å²) >= 11 is 12.4. The summed E-state index contributed by atoms with van der Waals surface area (Å²) in [6, 6.07) is 11.0. The minimum Gasteiger partial charge on any atom is -0.355 e. The van der Waals surface area contributed by atoms with Crippen molar-refractivity contribution < 1.29 is 22.8 Å². The van der Waals surface area contributed by atoms with Crippen LogP contribution < -0.4 is 10.6 Å². The van der Waals surface area contributed by atoms with Gasteiger partial charge in [-0.05, 0) is 55.0 Å². The molecule has 218 valence electrons. The number of benzene rings is 2. The van der Waals surface area contributed by atoms with E-state index in [-0.39, 0.29) is 61.6 Å². The molecule has 0 bridgehead atoms. The van der Waals surface area contributed by atoms with Crippen LogP contribution >= 0.6 is 23.2 Å². The topological polar surface area (TPSA) is 143 Å². The first-order chi connectivity index (χ1) is 20.4. The average Bonchev–Trinajstić information content (AvgIpc) is 3.58. The number of halogens is 5.